The molecule has 0 N–H and O–H groups in total. The third kappa shape index (κ3) is 4.99. The van der Waals surface area contributed by atoms with E-state index in [4.69, 9.17) is 9.47 Å². The molecule has 6 aliphatic rings. The second kappa shape index (κ2) is 10.8. The summed E-state index contributed by atoms with van der Waals surface area (Å²) in [5, 5.41) is 0. The van der Waals surface area contributed by atoms with Crippen LogP contribution in [0.25, 0.3) is 0 Å². The lowest BCUT2D eigenvalue weighted by atomic mass is 9.44. The lowest BCUT2D eigenvalue weighted by molar-refractivity contribution is -0.943. The maximum Gasteiger partial charge on any atom is 0.303 e. The number of carbonyl (C=O) groups excluding carboxylic acids is 2. The van der Waals surface area contributed by atoms with Gasteiger partial charge in [0.15, 0.2) is 12.2 Å². The van der Waals surface area contributed by atoms with E-state index in [1.54, 1.807) is 13.8 Å². The maximum atomic E-state index is 12.5. The third-order valence-corrected chi connectivity index (χ3v) is 14.5. The quantitative estimate of drug-likeness (QED) is 0.301. The number of hydrogen-bond donors (Lipinski definition) is 0. The van der Waals surface area contributed by atoms with Crippen LogP contribution in [0.15, 0.2) is 0 Å². The van der Waals surface area contributed by atoms with Crippen molar-refractivity contribution in [3.8, 4) is 0 Å². The minimum absolute atomic E-state index is 0.0462. The highest BCUT2D eigenvalue weighted by molar-refractivity contribution is 5.66. The SMILES string of the molecule is CC(=O)O[C@@H]1C[C@H]2CC[C@@H]3[C@H](CC[C@@]4(C)[C@H]3C[C@H]([N+]3(C)CCCCC3)[C@@H]4OC(C)=O)[C@@]2(C)C[C@@H]1[N+]1(C)CCCCC1. The Labute approximate surface area is 250 Å². The van der Waals surface area contributed by atoms with Crippen LogP contribution in [0.5, 0.6) is 0 Å². The van der Waals surface area contributed by atoms with Crippen LogP contribution < -0.4 is 0 Å². The third-order valence-electron chi connectivity index (χ3n) is 14.5. The Morgan fingerprint density at radius 2 is 1.27 bits per heavy atom. The fourth-order valence-electron chi connectivity index (χ4n) is 12.3. The first-order chi connectivity index (χ1) is 19.4. The summed E-state index contributed by atoms with van der Waals surface area (Å²) in [5.41, 5.74) is 0.377. The molecule has 0 aromatic heterocycles. The highest BCUT2D eigenvalue weighted by atomic mass is 16.5. The molecule has 2 heterocycles. The molecular weight excluding hydrogens is 512 g/mol. The Morgan fingerprint density at radius 1 is 0.683 bits per heavy atom. The number of carbonyl (C=O) groups is 2. The predicted octanol–water partition coefficient (Wildman–Crippen LogP) is 6.11. The van der Waals surface area contributed by atoms with E-state index < -0.39 is 0 Å². The highest BCUT2D eigenvalue weighted by Crippen LogP contribution is 2.68. The van der Waals surface area contributed by atoms with Gasteiger partial charge < -0.3 is 18.4 Å². The minimum atomic E-state index is -0.0998. The van der Waals surface area contributed by atoms with Crippen molar-refractivity contribution in [2.45, 2.75) is 135 Å². The van der Waals surface area contributed by atoms with Crippen LogP contribution in [0.4, 0.5) is 0 Å². The molecule has 4 saturated carbocycles. The Bertz CT molecular complexity index is 1000. The normalized spacial score (nSPS) is 46.9. The van der Waals surface area contributed by atoms with E-state index in [-0.39, 0.29) is 29.6 Å². The molecule has 0 aromatic carbocycles. The zero-order chi connectivity index (χ0) is 29.2. The summed E-state index contributed by atoms with van der Waals surface area (Å²) in [6.07, 6.45) is 16.4. The van der Waals surface area contributed by atoms with Gasteiger partial charge in [-0.15, -0.1) is 0 Å². The molecule has 0 radical (unpaired) electrons. The summed E-state index contributed by atoms with van der Waals surface area (Å²) >= 11 is 0. The van der Waals surface area contributed by atoms with Crippen LogP contribution in [0.1, 0.15) is 111 Å². The number of likely N-dealkylation sites (N-methyl/N-ethyl adjacent to an activating group) is 2. The van der Waals surface area contributed by atoms with Crippen molar-refractivity contribution in [3.05, 3.63) is 0 Å². The van der Waals surface area contributed by atoms with Crippen molar-refractivity contribution in [1.82, 2.24) is 0 Å². The average molecular weight is 573 g/mol. The summed E-state index contributed by atoms with van der Waals surface area (Å²) in [4.78, 5) is 24.8. The standard InChI is InChI=1S/C35H60N2O4/c1-24(38)40-32-21-26-13-14-27-28(35(26,4)23-31(32)37(6)19-11-8-12-20-37)15-16-34(3)29(27)22-30(33(34)41-25(2)39)36(5)17-9-7-10-18-36/h26-33H,7-23H2,1-6H3/q+2/t26-,27-,28+,29+,30+,31+,32-,33+,34+,35+/m1/s1. The number of ether oxygens (including phenoxy) is 2. The summed E-state index contributed by atoms with van der Waals surface area (Å²) in [5.74, 6) is 2.52. The first-order valence-electron chi connectivity index (χ1n) is 17.4. The van der Waals surface area contributed by atoms with Crippen molar-refractivity contribution < 1.29 is 28.0 Å². The van der Waals surface area contributed by atoms with E-state index in [9.17, 15) is 9.59 Å². The molecule has 0 amide bonds. The van der Waals surface area contributed by atoms with Gasteiger partial charge >= 0.3 is 11.9 Å². The monoisotopic (exact) mass is 572 g/mol. The van der Waals surface area contributed by atoms with E-state index >= 15 is 0 Å². The van der Waals surface area contributed by atoms with Gasteiger partial charge in [-0.3, -0.25) is 9.59 Å². The molecule has 6 rings (SSSR count). The molecule has 0 bridgehead atoms. The van der Waals surface area contributed by atoms with Crippen molar-refractivity contribution in [2.75, 3.05) is 40.3 Å². The zero-order valence-corrected chi connectivity index (χ0v) is 27.2. The first-order valence-corrected chi connectivity index (χ1v) is 17.4. The fraction of sp³-hybridized carbons (Fsp3) is 0.943. The number of rotatable bonds is 4. The van der Waals surface area contributed by atoms with E-state index in [1.807, 2.05) is 0 Å². The Kier molecular flexibility index (Phi) is 7.87. The zero-order valence-electron chi connectivity index (χ0n) is 27.2. The highest BCUT2D eigenvalue weighted by Gasteiger charge is 2.68. The van der Waals surface area contributed by atoms with Gasteiger partial charge in [0.2, 0.25) is 0 Å². The molecule has 0 unspecified atom stereocenters. The van der Waals surface area contributed by atoms with E-state index in [0.717, 1.165) is 21.3 Å². The van der Waals surface area contributed by atoms with Gasteiger partial charge in [0.05, 0.1) is 40.3 Å². The summed E-state index contributed by atoms with van der Waals surface area (Å²) in [7, 11) is 4.94. The molecule has 41 heavy (non-hydrogen) atoms. The number of esters is 2. The lowest BCUT2D eigenvalue weighted by Gasteiger charge is -2.63. The van der Waals surface area contributed by atoms with Crippen molar-refractivity contribution in [3.63, 3.8) is 0 Å². The number of quaternary nitrogens is 2. The van der Waals surface area contributed by atoms with E-state index in [0.29, 0.717) is 35.3 Å². The molecule has 232 valence electrons. The number of piperidine rings is 2. The fourth-order valence-corrected chi connectivity index (χ4v) is 12.3. The lowest BCUT2D eigenvalue weighted by Crippen LogP contribution is -2.66. The topological polar surface area (TPSA) is 52.6 Å². The molecule has 2 aliphatic heterocycles. The second-order valence-electron chi connectivity index (χ2n) is 16.7. The van der Waals surface area contributed by atoms with Gasteiger partial charge in [0, 0.05) is 32.1 Å². The average Bonchev–Trinajstić information content (AvgIpc) is 3.21. The Hall–Kier alpha value is -1.14. The molecule has 4 aliphatic carbocycles. The van der Waals surface area contributed by atoms with Gasteiger partial charge in [-0.2, -0.15) is 0 Å². The van der Waals surface area contributed by atoms with Crippen LogP contribution in [0, 0.1) is 34.5 Å². The van der Waals surface area contributed by atoms with Crippen molar-refractivity contribution in [1.29, 1.82) is 0 Å². The molecule has 0 spiro atoms. The summed E-state index contributed by atoms with van der Waals surface area (Å²) in [6, 6.07) is 0.846. The van der Waals surface area contributed by atoms with E-state index in [1.165, 1.54) is 103 Å². The first kappa shape index (κ1) is 29.9. The smallest absolute Gasteiger partial charge is 0.303 e. The Balaban J connectivity index is 1.31. The second-order valence-corrected chi connectivity index (χ2v) is 16.7. The molecule has 6 heteroatoms. The van der Waals surface area contributed by atoms with Crippen molar-refractivity contribution in [2.24, 2.45) is 34.5 Å². The molecule has 2 saturated heterocycles. The molecule has 6 fully saturated rings. The summed E-state index contributed by atoms with van der Waals surface area (Å²) < 4.78 is 14.7. The summed E-state index contributed by atoms with van der Waals surface area (Å²) in [6.45, 7) is 13.3. The van der Waals surface area contributed by atoms with Gasteiger partial charge in [-0.1, -0.05) is 13.8 Å². The number of nitrogens with zero attached hydrogens (tertiary/aromatic N) is 2. The van der Waals surface area contributed by atoms with Crippen LogP contribution >= 0.6 is 0 Å². The van der Waals surface area contributed by atoms with Gasteiger partial charge in [0.1, 0.15) is 12.1 Å². The number of fused-ring (bicyclic) bond motifs is 5. The number of hydrogen-bond acceptors (Lipinski definition) is 4. The Morgan fingerprint density at radius 3 is 1.85 bits per heavy atom. The minimum Gasteiger partial charge on any atom is -0.456 e. The van der Waals surface area contributed by atoms with E-state index in [2.05, 4.69) is 27.9 Å². The predicted molar refractivity (Wildman–Crippen MR) is 161 cm³/mol. The number of likely N-dealkylation sites (tertiary alicyclic amines) is 2. The van der Waals surface area contributed by atoms with Crippen molar-refractivity contribution >= 4 is 11.9 Å². The molecule has 0 aromatic rings. The maximum absolute atomic E-state index is 12.5. The molecule has 10 atom stereocenters. The van der Waals surface area contributed by atoms with Crippen LogP contribution in [-0.2, 0) is 19.1 Å². The van der Waals surface area contributed by atoms with Crippen LogP contribution in [0.2, 0.25) is 0 Å². The van der Waals surface area contributed by atoms with Crippen LogP contribution in [-0.4, -0.2) is 85.5 Å². The molecular formula is C35H60N2O4+2. The van der Waals surface area contributed by atoms with Gasteiger partial charge in [-0.25, -0.2) is 0 Å². The molecule has 6 nitrogen and oxygen atoms in total. The largest absolute Gasteiger partial charge is 0.456 e. The van der Waals surface area contributed by atoms with Gasteiger partial charge in [0.25, 0.3) is 0 Å². The van der Waals surface area contributed by atoms with Crippen LogP contribution in [0.3, 0.4) is 0 Å². The van der Waals surface area contributed by atoms with Gasteiger partial charge in [-0.05, 0) is 99.7 Å².